The molecule has 0 aromatic heterocycles. The van der Waals surface area contributed by atoms with Crippen LogP contribution in [0, 0.1) is 11.8 Å². The lowest BCUT2D eigenvalue weighted by Gasteiger charge is -2.43. The van der Waals surface area contributed by atoms with E-state index >= 15 is 0 Å². The van der Waals surface area contributed by atoms with E-state index in [2.05, 4.69) is 0 Å². The Kier molecular flexibility index (Phi) is 5.95. The highest BCUT2D eigenvalue weighted by molar-refractivity contribution is 6.02. The summed E-state index contributed by atoms with van der Waals surface area (Å²) in [5.74, 6) is -4.75. The van der Waals surface area contributed by atoms with Crippen LogP contribution in [0.15, 0.2) is 30.3 Å². The van der Waals surface area contributed by atoms with Crippen LogP contribution in [0.2, 0.25) is 0 Å². The molecule has 136 valence electrons. The van der Waals surface area contributed by atoms with Crippen molar-refractivity contribution in [1.82, 2.24) is 0 Å². The van der Waals surface area contributed by atoms with E-state index in [-0.39, 0.29) is 19.6 Å². The molecule has 1 fully saturated rings. The summed E-state index contributed by atoms with van der Waals surface area (Å²) >= 11 is 0. The number of esters is 2. The zero-order valence-electron chi connectivity index (χ0n) is 14.7. The summed E-state index contributed by atoms with van der Waals surface area (Å²) in [7, 11) is 0. The Labute approximate surface area is 147 Å². The molecule has 25 heavy (non-hydrogen) atoms. The molecule has 0 unspecified atom stereocenters. The Bertz CT molecular complexity index is 637. The third-order valence-corrected chi connectivity index (χ3v) is 4.53. The second kappa shape index (κ2) is 7.78. The zero-order chi connectivity index (χ0) is 18.6. The predicted molar refractivity (Wildman–Crippen MR) is 89.7 cm³/mol. The van der Waals surface area contributed by atoms with Crippen LogP contribution in [0.25, 0.3) is 0 Å². The number of benzene rings is 1. The van der Waals surface area contributed by atoms with E-state index in [0.29, 0.717) is 5.56 Å². The quantitative estimate of drug-likeness (QED) is 0.645. The van der Waals surface area contributed by atoms with Gasteiger partial charge in [0, 0.05) is 12.3 Å². The summed E-state index contributed by atoms with van der Waals surface area (Å²) in [6.45, 7) is 5.03. The Balaban J connectivity index is 2.57. The Morgan fingerprint density at radius 3 is 2.24 bits per heavy atom. The Morgan fingerprint density at radius 1 is 1.12 bits per heavy atom. The molecule has 6 nitrogen and oxygen atoms in total. The molecule has 0 amide bonds. The molecule has 6 heteroatoms. The monoisotopic (exact) mass is 348 g/mol. The van der Waals surface area contributed by atoms with Crippen LogP contribution in [0.3, 0.4) is 0 Å². The number of Topliss-reactive ketones (excluding diaryl/α,β-unsaturated/α-hetero) is 1. The highest BCUT2D eigenvalue weighted by Crippen LogP contribution is 2.46. The smallest absolute Gasteiger partial charge is 0.317 e. The molecule has 0 spiro atoms. The topological polar surface area (TPSA) is 89.9 Å². The second-order valence-corrected chi connectivity index (χ2v) is 6.40. The Morgan fingerprint density at radius 2 is 1.68 bits per heavy atom. The van der Waals surface area contributed by atoms with Crippen LogP contribution < -0.4 is 0 Å². The molecule has 1 aliphatic carbocycles. The van der Waals surface area contributed by atoms with Crippen LogP contribution in [0.5, 0.6) is 0 Å². The largest absolute Gasteiger partial charge is 0.466 e. The highest BCUT2D eigenvalue weighted by atomic mass is 16.5. The number of hydrogen-bond acceptors (Lipinski definition) is 6. The number of ether oxygens (including phenoxy) is 2. The number of carbonyl (C=O) groups excluding carboxylic acids is 3. The van der Waals surface area contributed by atoms with Gasteiger partial charge in [0.05, 0.1) is 24.7 Å². The fourth-order valence-electron chi connectivity index (χ4n) is 3.55. The van der Waals surface area contributed by atoms with E-state index in [4.69, 9.17) is 9.47 Å². The van der Waals surface area contributed by atoms with E-state index in [9.17, 15) is 19.5 Å². The van der Waals surface area contributed by atoms with Crippen LogP contribution in [0.1, 0.15) is 38.7 Å². The van der Waals surface area contributed by atoms with Gasteiger partial charge in [-0.2, -0.15) is 0 Å². The van der Waals surface area contributed by atoms with Gasteiger partial charge < -0.3 is 14.6 Å². The van der Waals surface area contributed by atoms with Gasteiger partial charge in [0.1, 0.15) is 5.92 Å². The molecule has 0 heterocycles. The molecule has 1 saturated carbocycles. The van der Waals surface area contributed by atoms with Gasteiger partial charge in [0.2, 0.25) is 0 Å². The molecular formula is C19H24O6. The summed E-state index contributed by atoms with van der Waals surface area (Å²) in [5, 5.41) is 10.8. The normalized spacial score (nSPS) is 29.1. The van der Waals surface area contributed by atoms with Crippen LogP contribution in [-0.4, -0.2) is 41.6 Å². The maximum atomic E-state index is 12.6. The SMILES string of the molecule is CCOC(=O)[C@@H]1C(=O)C[C@@](C)(O)[C@@H](C(=O)OCC)[C@@H]1c1ccccc1. The van der Waals surface area contributed by atoms with Crippen molar-refractivity contribution < 1.29 is 29.0 Å². The molecule has 0 radical (unpaired) electrons. The van der Waals surface area contributed by atoms with Gasteiger partial charge in [-0.05, 0) is 26.3 Å². The predicted octanol–water partition coefficient (Wildman–Crippen LogP) is 1.85. The standard InChI is InChI=1S/C19H24O6/c1-4-24-17(21)15-13(20)11-19(3,23)16(18(22)25-5-2)14(15)12-9-7-6-8-10-12/h6-10,14-16,23H,4-5,11H2,1-3H3/t14-,15-,16-,19-/m1/s1. The van der Waals surface area contributed by atoms with Crippen molar-refractivity contribution in [3.63, 3.8) is 0 Å². The van der Waals surface area contributed by atoms with Crippen molar-refractivity contribution in [3.05, 3.63) is 35.9 Å². The lowest BCUT2D eigenvalue weighted by atomic mass is 9.62. The number of aliphatic hydroxyl groups is 1. The minimum absolute atomic E-state index is 0.130. The third-order valence-electron chi connectivity index (χ3n) is 4.53. The van der Waals surface area contributed by atoms with E-state index < -0.39 is 41.1 Å². The average molecular weight is 348 g/mol. The first kappa shape index (κ1) is 19.1. The number of carbonyl (C=O) groups is 3. The molecule has 0 saturated heterocycles. The van der Waals surface area contributed by atoms with Crippen molar-refractivity contribution in [3.8, 4) is 0 Å². The maximum Gasteiger partial charge on any atom is 0.317 e. The lowest BCUT2D eigenvalue weighted by molar-refractivity contribution is -0.172. The van der Waals surface area contributed by atoms with E-state index in [1.54, 1.807) is 44.2 Å². The molecule has 4 atom stereocenters. The lowest BCUT2D eigenvalue weighted by Crippen LogP contribution is -2.55. The van der Waals surface area contributed by atoms with E-state index in [1.807, 2.05) is 0 Å². The van der Waals surface area contributed by atoms with Crippen molar-refractivity contribution in [2.24, 2.45) is 11.8 Å². The van der Waals surface area contributed by atoms with Gasteiger partial charge >= 0.3 is 11.9 Å². The van der Waals surface area contributed by atoms with Crippen LogP contribution in [-0.2, 0) is 23.9 Å². The first-order valence-corrected chi connectivity index (χ1v) is 8.46. The first-order valence-electron chi connectivity index (χ1n) is 8.46. The molecule has 0 aliphatic heterocycles. The third kappa shape index (κ3) is 3.90. The molecule has 1 aromatic rings. The van der Waals surface area contributed by atoms with Gasteiger partial charge in [0.15, 0.2) is 5.78 Å². The minimum atomic E-state index is -1.60. The summed E-state index contributed by atoms with van der Waals surface area (Å²) < 4.78 is 10.2. The van der Waals surface area contributed by atoms with Crippen molar-refractivity contribution in [2.75, 3.05) is 13.2 Å². The van der Waals surface area contributed by atoms with Gasteiger partial charge in [-0.1, -0.05) is 30.3 Å². The zero-order valence-corrected chi connectivity index (χ0v) is 14.7. The van der Waals surface area contributed by atoms with Crippen molar-refractivity contribution in [2.45, 2.75) is 38.7 Å². The van der Waals surface area contributed by atoms with Gasteiger partial charge in [-0.15, -0.1) is 0 Å². The maximum absolute atomic E-state index is 12.6. The summed E-state index contributed by atoms with van der Waals surface area (Å²) in [6, 6.07) is 8.78. The van der Waals surface area contributed by atoms with Gasteiger partial charge in [-0.25, -0.2) is 0 Å². The summed E-state index contributed by atoms with van der Waals surface area (Å²) in [6.07, 6.45) is -0.302. The first-order chi connectivity index (χ1) is 11.8. The average Bonchev–Trinajstić information content (AvgIpc) is 2.54. The van der Waals surface area contributed by atoms with Crippen LogP contribution in [0.4, 0.5) is 0 Å². The molecule has 1 aromatic carbocycles. The minimum Gasteiger partial charge on any atom is -0.466 e. The summed E-state index contributed by atoms with van der Waals surface area (Å²) in [5.41, 5.74) is -0.987. The molecular weight excluding hydrogens is 324 g/mol. The molecule has 2 rings (SSSR count). The second-order valence-electron chi connectivity index (χ2n) is 6.40. The van der Waals surface area contributed by atoms with Crippen LogP contribution >= 0.6 is 0 Å². The summed E-state index contributed by atoms with van der Waals surface area (Å²) in [4.78, 5) is 37.7. The fraction of sp³-hybridized carbons (Fsp3) is 0.526. The molecule has 1 aliphatic rings. The highest BCUT2D eigenvalue weighted by Gasteiger charge is 2.57. The molecule has 1 N–H and O–H groups in total. The van der Waals surface area contributed by atoms with Crippen molar-refractivity contribution >= 4 is 17.7 Å². The number of rotatable bonds is 5. The van der Waals surface area contributed by atoms with E-state index in [1.165, 1.54) is 6.92 Å². The van der Waals surface area contributed by atoms with Crippen molar-refractivity contribution in [1.29, 1.82) is 0 Å². The van der Waals surface area contributed by atoms with Gasteiger partial charge in [-0.3, -0.25) is 14.4 Å². The molecule has 0 bridgehead atoms. The Hall–Kier alpha value is -2.21. The number of hydrogen-bond donors (Lipinski definition) is 1. The fourth-order valence-corrected chi connectivity index (χ4v) is 3.55. The van der Waals surface area contributed by atoms with E-state index in [0.717, 1.165) is 0 Å². The number of ketones is 1. The van der Waals surface area contributed by atoms with Gasteiger partial charge in [0.25, 0.3) is 0 Å².